The summed E-state index contributed by atoms with van der Waals surface area (Å²) in [7, 11) is 0. The van der Waals surface area contributed by atoms with Gasteiger partial charge in [0.25, 0.3) is 0 Å². The number of carbonyl (C=O) groups excluding carboxylic acids is 1. The molecule has 0 radical (unpaired) electrons. The third-order valence-electron chi connectivity index (χ3n) is 4.78. The second-order valence-corrected chi connectivity index (χ2v) is 6.81. The fourth-order valence-corrected chi connectivity index (χ4v) is 3.33. The number of primary amides is 1. The Kier molecular flexibility index (Phi) is 6.88. The topological polar surface area (TPSA) is 64.3 Å². The maximum Gasteiger partial charge on any atom is 0.234 e. The average molecular weight is 339 g/mol. The summed E-state index contributed by atoms with van der Waals surface area (Å²) in [6.07, 6.45) is 4.71. The predicted octanol–water partition coefficient (Wildman–Crippen LogP) is 3.02. The van der Waals surface area contributed by atoms with Crippen LogP contribution in [0.2, 0.25) is 5.02 Å². The van der Waals surface area contributed by atoms with E-state index < -0.39 is 0 Å². The molecule has 1 saturated heterocycles. The molecule has 5 heteroatoms. The van der Waals surface area contributed by atoms with Gasteiger partial charge in [0.1, 0.15) is 0 Å². The molecule has 1 aromatic rings. The summed E-state index contributed by atoms with van der Waals surface area (Å²) >= 11 is 6.02. The first kappa shape index (κ1) is 18.2. The van der Waals surface area contributed by atoms with E-state index >= 15 is 0 Å². The Labute approximate surface area is 143 Å². The van der Waals surface area contributed by atoms with Crippen LogP contribution in [0.4, 0.5) is 0 Å². The lowest BCUT2D eigenvalue weighted by Crippen LogP contribution is -2.49. The molecule has 4 nitrogen and oxygen atoms in total. The van der Waals surface area contributed by atoms with Crippen LogP contribution in [-0.2, 0) is 14.9 Å². The summed E-state index contributed by atoms with van der Waals surface area (Å²) in [6, 6.07) is 7.76. The highest BCUT2D eigenvalue weighted by Crippen LogP contribution is 2.35. The third-order valence-corrected chi connectivity index (χ3v) is 5.04. The van der Waals surface area contributed by atoms with Crippen molar-refractivity contribution in [2.45, 2.75) is 50.5 Å². The standard InChI is InChI=1S/C18H27ClN2O2/c1-2-3-4-16(17(20)22)21-13-18(9-11-23-12-10-18)14-5-7-15(19)8-6-14/h5-8,16,21H,2-4,9-13H2,1H3,(H2,20,22)/t16-/m1/s1. The molecule has 0 aliphatic carbocycles. The van der Waals surface area contributed by atoms with Gasteiger partial charge in [0.05, 0.1) is 6.04 Å². The van der Waals surface area contributed by atoms with Crippen LogP contribution in [0, 0.1) is 0 Å². The quantitative estimate of drug-likeness (QED) is 0.765. The van der Waals surface area contributed by atoms with Crippen molar-refractivity contribution in [3.63, 3.8) is 0 Å². The van der Waals surface area contributed by atoms with Gasteiger partial charge >= 0.3 is 0 Å². The van der Waals surface area contributed by atoms with Crippen LogP contribution in [0.5, 0.6) is 0 Å². The van der Waals surface area contributed by atoms with Crippen LogP contribution in [0.15, 0.2) is 24.3 Å². The van der Waals surface area contributed by atoms with Gasteiger partial charge in [-0.1, -0.05) is 43.5 Å². The van der Waals surface area contributed by atoms with Gasteiger partial charge in [-0.05, 0) is 37.0 Å². The molecule has 0 bridgehead atoms. The molecular formula is C18H27ClN2O2. The van der Waals surface area contributed by atoms with E-state index in [0.29, 0.717) is 0 Å². The molecule has 0 unspecified atom stereocenters. The van der Waals surface area contributed by atoms with E-state index in [1.807, 2.05) is 12.1 Å². The number of rotatable bonds is 8. The normalized spacial score (nSPS) is 18.5. The van der Waals surface area contributed by atoms with Crippen LogP contribution in [0.3, 0.4) is 0 Å². The van der Waals surface area contributed by atoms with Crippen molar-refractivity contribution in [3.8, 4) is 0 Å². The van der Waals surface area contributed by atoms with Crippen LogP contribution >= 0.6 is 11.6 Å². The average Bonchev–Trinajstić information content (AvgIpc) is 2.56. The maximum atomic E-state index is 11.7. The molecule has 1 heterocycles. The minimum Gasteiger partial charge on any atom is -0.381 e. The van der Waals surface area contributed by atoms with Gasteiger partial charge < -0.3 is 15.8 Å². The summed E-state index contributed by atoms with van der Waals surface area (Å²) in [5.41, 5.74) is 6.77. The third kappa shape index (κ3) is 4.93. The summed E-state index contributed by atoms with van der Waals surface area (Å²) in [5.74, 6) is -0.267. The first-order chi connectivity index (χ1) is 11.1. The number of nitrogens with one attached hydrogen (secondary N) is 1. The maximum absolute atomic E-state index is 11.7. The number of hydrogen-bond acceptors (Lipinski definition) is 3. The number of unbranched alkanes of at least 4 members (excludes halogenated alkanes) is 1. The second-order valence-electron chi connectivity index (χ2n) is 6.38. The molecule has 1 aliphatic rings. The molecule has 1 atom stereocenters. The molecular weight excluding hydrogens is 312 g/mol. The minimum atomic E-state index is -0.267. The Balaban J connectivity index is 2.11. The zero-order valence-corrected chi connectivity index (χ0v) is 14.6. The van der Waals surface area contributed by atoms with Gasteiger partial charge in [0.15, 0.2) is 0 Å². The van der Waals surface area contributed by atoms with E-state index in [1.54, 1.807) is 0 Å². The predicted molar refractivity (Wildman–Crippen MR) is 93.7 cm³/mol. The number of hydrogen-bond donors (Lipinski definition) is 2. The van der Waals surface area contributed by atoms with Crippen molar-refractivity contribution in [3.05, 3.63) is 34.9 Å². The van der Waals surface area contributed by atoms with Crippen LogP contribution in [0.1, 0.15) is 44.6 Å². The number of halogens is 1. The van der Waals surface area contributed by atoms with Crippen LogP contribution in [0.25, 0.3) is 0 Å². The van der Waals surface area contributed by atoms with Crippen molar-refractivity contribution in [1.29, 1.82) is 0 Å². The van der Waals surface area contributed by atoms with Crippen LogP contribution < -0.4 is 11.1 Å². The number of nitrogens with two attached hydrogens (primary N) is 1. The monoisotopic (exact) mass is 338 g/mol. The summed E-state index contributed by atoms with van der Waals surface area (Å²) < 4.78 is 5.54. The highest BCUT2D eigenvalue weighted by Gasteiger charge is 2.35. The fourth-order valence-electron chi connectivity index (χ4n) is 3.20. The van der Waals surface area contributed by atoms with Gasteiger partial charge in [0, 0.05) is 30.2 Å². The van der Waals surface area contributed by atoms with E-state index in [0.717, 1.165) is 56.9 Å². The zero-order chi connectivity index (χ0) is 16.7. The van der Waals surface area contributed by atoms with E-state index in [4.69, 9.17) is 22.1 Å². The number of benzene rings is 1. The Hall–Kier alpha value is -1.10. The van der Waals surface area contributed by atoms with Gasteiger partial charge in [-0.15, -0.1) is 0 Å². The SMILES string of the molecule is CCCC[C@@H](NCC1(c2ccc(Cl)cc2)CCOCC1)C(N)=O. The molecule has 3 N–H and O–H groups in total. The molecule has 0 saturated carbocycles. The molecule has 0 aromatic heterocycles. The smallest absolute Gasteiger partial charge is 0.234 e. The van der Waals surface area contributed by atoms with E-state index in [1.165, 1.54) is 5.56 Å². The Morgan fingerprint density at radius 1 is 1.35 bits per heavy atom. The van der Waals surface area contributed by atoms with E-state index in [9.17, 15) is 4.79 Å². The Morgan fingerprint density at radius 3 is 2.57 bits per heavy atom. The van der Waals surface area contributed by atoms with Crippen molar-refractivity contribution in [2.24, 2.45) is 5.73 Å². The largest absolute Gasteiger partial charge is 0.381 e. The van der Waals surface area contributed by atoms with Crippen molar-refractivity contribution in [2.75, 3.05) is 19.8 Å². The van der Waals surface area contributed by atoms with E-state index in [2.05, 4.69) is 24.4 Å². The van der Waals surface area contributed by atoms with Gasteiger partial charge in [-0.3, -0.25) is 4.79 Å². The van der Waals surface area contributed by atoms with Gasteiger partial charge in [-0.25, -0.2) is 0 Å². The fraction of sp³-hybridized carbons (Fsp3) is 0.611. The molecule has 1 aliphatic heterocycles. The molecule has 2 rings (SSSR count). The zero-order valence-electron chi connectivity index (χ0n) is 13.8. The minimum absolute atomic E-state index is 0.0250. The summed E-state index contributed by atoms with van der Waals surface area (Å²) in [5, 5.41) is 4.15. The molecule has 128 valence electrons. The Bertz CT molecular complexity index is 498. The second kappa shape index (κ2) is 8.67. The number of ether oxygens (including phenoxy) is 1. The lowest BCUT2D eigenvalue weighted by atomic mass is 9.74. The van der Waals surface area contributed by atoms with Gasteiger partial charge in [0.2, 0.25) is 5.91 Å². The first-order valence-electron chi connectivity index (χ1n) is 8.44. The number of amides is 1. The van der Waals surface area contributed by atoms with E-state index in [-0.39, 0.29) is 17.4 Å². The number of carbonyl (C=O) groups is 1. The molecule has 1 amide bonds. The summed E-state index contributed by atoms with van der Waals surface area (Å²) in [4.78, 5) is 11.7. The van der Waals surface area contributed by atoms with Crippen LogP contribution in [-0.4, -0.2) is 31.7 Å². The molecule has 0 spiro atoms. The first-order valence-corrected chi connectivity index (χ1v) is 8.82. The molecule has 1 fully saturated rings. The molecule has 23 heavy (non-hydrogen) atoms. The Morgan fingerprint density at radius 2 is 2.00 bits per heavy atom. The van der Waals surface area contributed by atoms with Crippen molar-refractivity contribution >= 4 is 17.5 Å². The molecule has 1 aromatic carbocycles. The van der Waals surface area contributed by atoms with Gasteiger partial charge in [-0.2, -0.15) is 0 Å². The highest BCUT2D eigenvalue weighted by molar-refractivity contribution is 6.30. The lowest BCUT2D eigenvalue weighted by Gasteiger charge is -2.39. The summed E-state index contributed by atoms with van der Waals surface area (Å²) in [6.45, 7) is 4.32. The van der Waals surface area contributed by atoms with Crippen molar-refractivity contribution in [1.82, 2.24) is 5.32 Å². The lowest BCUT2D eigenvalue weighted by molar-refractivity contribution is -0.120. The highest BCUT2D eigenvalue weighted by atomic mass is 35.5. The van der Waals surface area contributed by atoms with Crippen molar-refractivity contribution < 1.29 is 9.53 Å².